The van der Waals surface area contributed by atoms with Crippen LogP contribution in [0, 0.1) is 0 Å². The van der Waals surface area contributed by atoms with E-state index in [-0.39, 0.29) is 5.84 Å². The summed E-state index contributed by atoms with van der Waals surface area (Å²) in [6, 6.07) is 6.26. The zero-order valence-electron chi connectivity index (χ0n) is 11.3. The second-order valence-electron chi connectivity index (χ2n) is 5.40. The number of amidine groups is 1. The maximum absolute atomic E-state index is 8.91. The van der Waals surface area contributed by atoms with Crippen molar-refractivity contribution in [2.24, 2.45) is 10.9 Å². The number of rotatable bonds is 3. The van der Waals surface area contributed by atoms with E-state index in [1.807, 2.05) is 6.07 Å². The van der Waals surface area contributed by atoms with Gasteiger partial charge in [0.1, 0.15) is 0 Å². The van der Waals surface area contributed by atoms with Crippen LogP contribution in [0.1, 0.15) is 18.4 Å². The molecular formula is C14H19ClN4O. The predicted octanol–water partition coefficient (Wildman–Crippen LogP) is 1.72. The van der Waals surface area contributed by atoms with Crippen LogP contribution in [0.4, 0.5) is 5.69 Å². The van der Waals surface area contributed by atoms with Gasteiger partial charge in [-0.1, -0.05) is 16.8 Å². The van der Waals surface area contributed by atoms with Crippen LogP contribution in [-0.4, -0.2) is 48.2 Å². The topological polar surface area (TPSA) is 65.1 Å². The van der Waals surface area contributed by atoms with E-state index in [2.05, 4.69) is 15.0 Å². The molecule has 3 rings (SSSR count). The molecule has 6 heteroatoms. The normalized spacial score (nSPS) is 21.2. The molecule has 1 saturated heterocycles. The lowest BCUT2D eigenvalue weighted by Crippen LogP contribution is -2.47. The number of hydrogen-bond donors (Lipinski definition) is 2. The van der Waals surface area contributed by atoms with Crippen molar-refractivity contribution in [1.29, 1.82) is 0 Å². The average Bonchev–Trinajstić information content (AvgIpc) is 3.31. The molecule has 2 fully saturated rings. The Morgan fingerprint density at radius 1 is 1.25 bits per heavy atom. The Morgan fingerprint density at radius 3 is 2.55 bits per heavy atom. The van der Waals surface area contributed by atoms with Crippen molar-refractivity contribution in [3.63, 3.8) is 0 Å². The van der Waals surface area contributed by atoms with Crippen molar-refractivity contribution in [1.82, 2.24) is 4.90 Å². The van der Waals surface area contributed by atoms with Crippen molar-refractivity contribution >= 4 is 23.1 Å². The molecule has 2 aliphatic rings. The fraction of sp³-hybridized carbons (Fsp3) is 0.500. The van der Waals surface area contributed by atoms with E-state index in [4.69, 9.17) is 22.5 Å². The minimum atomic E-state index is 0.126. The average molecular weight is 295 g/mol. The molecule has 1 aromatic rings. The van der Waals surface area contributed by atoms with Crippen LogP contribution in [0.15, 0.2) is 23.4 Å². The van der Waals surface area contributed by atoms with Gasteiger partial charge in [-0.3, -0.25) is 4.90 Å². The van der Waals surface area contributed by atoms with Crippen LogP contribution in [0.5, 0.6) is 0 Å². The van der Waals surface area contributed by atoms with Gasteiger partial charge in [0.15, 0.2) is 5.84 Å². The van der Waals surface area contributed by atoms with Crippen LogP contribution < -0.4 is 10.6 Å². The van der Waals surface area contributed by atoms with Crippen molar-refractivity contribution in [3.8, 4) is 0 Å². The van der Waals surface area contributed by atoms with E-state index in [9.17, 15) is 0 Å². The Bertz CT molecular complexity index is 522. The molecule has 0 atom stereocenters. The monoisotopic (exact) mass is 294 g/mol. The molecule has 3 N–H and O–H groups in total. The van der Waals surface area contributed by atoms with Gasteiger partial charge < -0.3 is 15.8 Å². The van der Waals surface area contributed by atoms with Gasteiger partial charge in [-0.15, -0.1) is 0 Å². The summed E-state index contributed by atoms with van der Waals surface area (Å²) in [6.45, 7) is 4.02. The van der Waals surface area contributed by atoms with Crippen LogP contribution >= 0.6 is 11.6 Å². The highest BCUT2D eigenvalue weighted by Gasteiger charge is 2.31. The molecule has 0 aromatic heterocycles. The molecule has 1 aliphatic heterocycles. The van der Waals surface area contributed by atoms with E-state index in [1.165, 1.54) is 12.8 Å². The summed E-state index contributed by atoms with van der Waals surface area (Å²) in [7, 11) is 0. The van der Waals surface area contributed by atoms with E-state index in [1.54, 1.807) is 12.1 Å². The molecule has 20 heavy (non-hydrogen) atoms. The van der Waals surface area contributed by atoms with E-state index < -0.39 is 0 Å². The Hall–Kier alpha value is -1.46. The highest BCUT2D eigenvalue weighted by molar-refractivity contribution is 6.31. The standard InChI is InChI=1S/C14H19ClN4O/c15-10-1-4-12(14(16)17-20)13(9-10)19-7-5-18(6-8-19)11-2-3-11/h1,4,9,11,20H,2-3,5-8H2,(H2,16,17). The summed E-state index contributed by atoms with van der Waals surface area (Å²) < 4.78 is 0. The Labute approximate surface area is 123 Å². The number of halogens is 1. The van der Waals surface area contributed by atoms with Gasteiger partial charge in [-0.2, -0.15) is 0 Å². The highest BCUT2D eigenvalue weighted by Crippen LogP contribution is 2.30. The fourth-order valence-electron chi connectivity index (χ4n) is 2.80. The van der Waals surface area contributed by atoms with Gasteiger partial charge in [-0.05, 0) is 31.0 Å². The number of nitrogens with two attached hydrogens (primary N) is 1. The lowest BCUT2D eigenvalue weighted by atomic mass is 10.1. The molecule has 0 radical (unpaired) electrons. The largest absolute Gasteiger partial charge is 0.409 e. The molecule has 1 aromatic carbocycles. The van der Waals surface area contributed by atoms with Crippen molar-refractivity contribution in [2.75, 3.05) is 31.1 Å². The SMILES string of the molecule is NC(=NO)c1ccc(Cl)cc1N1CCN(C2CC2)CC1. The lowest BCUT2D eigenvalue weighted by molar-refractivity contribution is 0.248. The maximum atomic E-state index is 8.91. The third-order valence-corrected chi connectivity index (χ3v) is 4.30. The zero-order chi connectivity index (χ0) is 14.1. The molecule has 0 spiro atoms. The van der Waals surface area contributed by atoms with Crippen LogP contribution in [0.2, 0.25) is 5.02 Å². The summed E-state index contributed by atoms with van der Waals surface area (Å²) in [5.74, 6) is 0.126. The third kappa shape index (κ3) is 2.69. The van der Waals surface area contributed by atoms with Gasteiger partial charge in [-0.25, -0.2) is 0 Å². The first kappa shape index (κ1) is 13.5. The molecule has 1 heterocycles. The van der Waals surface area contributed by atoms with Crippen LogP contribution in [0.25, 0.3) is 0 Å². The van der Waals surface area contributed by atoms with Gasteiger partial charge in [0.2, 0.25) is 0 Å². The number of hydrogen-bond acceptors (Lipinski definition) is 4. The van der Waals surface area contributed by atoms with E-state index in [0.29, 0.717) is 5.02 Å². The van der Waals surface area contributed by atoms with Gasteiger partial charge in [0.25, 0.3) is 0 Å². The number of nitrogens with zero attached hydrogens (tertiary/aromatic N) is 3. The maximum Gasteiger partial charge on any atom is 0.172 e. The number of anilines is 1. The smallest absolute Gasteiger partial charge is 0.172 e. The van der Waals surface area contributed by atoms with Crippen molar-refractivity contribution < 1.29 is 5.21 Å². The lowest BCUT2D eigenvalue weighted by Gasteiger charge is -2.37. The quantitative estimate of drug-likeness (QED) is 0.386. The first-order chi connectivity index (χ1) is 9.69. The van der Waals surface area contributed by atoms with E-state index in [0.717, 1.165) is 43.5 Å². The van der Waals surface area contributed by atoms with Crippen LogP contribution in [-0.2, 0) is 0 Å². The Kier molecular flexibility index (Phi) is 3.72. The third-order valence-electron chi connectivity index (χ3n) is 4.06. The second kappa shape index (κ2) is 5.50. The minimum absolute atomic E-state index is 0.126. The van der Waals surface area contributed by atoms with E-state index >= 15 is 0 Å². The van der Waals surface area contributed by atoms with Crippen molar-refractivity contribution in [2.45, 2.75) is 18.9 Å². The van der Waals surface area contributed by atoms with Gasteiger partial charge >= 0.3 is 0 Å². The molecule has 1 aliphatic carbocycles. The molecule has 108 valence electrons. The fourth-order valence-corrected chi connectivity index (χ4v) is 2.97. The number of piperazine rings is 1. The molecule has 0 bridgehead atoms. The second-order valence-corrected chi connectivity index (χ2v) is 5.84. The molecular weight excluding hydrogens is 276 g/mol. The van der Waals surface area contributed by atoms with Gasteiger partial charge in [0.05, 0.1) is 0 Å². The summed E-state index contributed by atoms with van der Waals surface area (Å²) in [5.41, 5.74) is 7.44. The Balaban J connectivity index is 1.80. The summed E-state index contributed by atoms with van der Waals surface area (Å²) in [6.07, 6.45) is 2.68. The summed E-state index contributed by atoms with van der Waals surface area (Å²) in [5, 5.41) is 12.7. The predicted molar refractivity (Wildman–Crippen MR) is 80.8 cm³/mol. The summed E-state index contributed by atoms with van der Waals surface area (Å²) in [4.78, 5) is 4.81. The zero-order valence-corrected chi connectivity index (χ0v) is 12.1. The van der Waals surface area contributed by atoms with Crippen LogP contribution in [0.3, 0.4) is 0 Å². The first-order valence-electron chi connectivity index (χ1n) is 6.95. The molecule has 0 amide bonds. The summed E-state index contributed by atoms with van der Waals surface area (Å²) >= 11 is 6.09. The molecule has 1 saturated carbocycles. The molecule has 0 unspecified atom stereocenters. The highest BCUT2D eigenvalue weighted by atomic mass is 35.5. The number of oxime groups is 1. The van der Waals surface area contributed by atoms with Crippen molar-refractivity contribution in [3.05, 3.63) is 28.8 Å². The first-order valence-corrected chi connectivity index (χ1v) is 7.33. The molecule has 5 nitrogen and oxygen atoms in total. The Morgan fingerprint density at radius 2 is 1.95 bits per heavy atom. The minimum Gasteiger partial charge on any atom is -0.409 e. The number of benzene rings is 1. The van der Waals surface area contributed by atoms with Gasteiger partial charge in [0, 0.05) is 48.5 Å².